The SMILES string of the molecule is OC1(C2CN(c3nc(-c4cc(F)cc(F)c4)ns3)CCO2)CC1. The molecule has 1 saturated heterocycles. The first-order valence-electron chi connectivity index (χ1n) is 7.43. The zero-order chi connectivity index (χ0) is 16.0. The first kappa shape index (κ1) is 14.9. The number of morpholine rings is 1. The van der Waals surface area contributed by atoms with Crippen molar-refractivity contribution in [3.63, 3.8) is 0 Å². The van der Waals surface area contributed by atoms with Gasteiger partial charge in [-0.05, 0) is 25.0 Å². The van der Waals surface area contributed by atoms with E-state index < -0.39 is 17.2 Å². The number of benzene rings is 1. The first-order valence-corrected chi connectivity index (χ1v) is 8.20. The minimum absolute atomic E-state index is 0.227. The van der Waals surface area contributed by atoms with E-state index in [0.29, 0.717) is 36.2 Å². The second kappa shape index (κ2) is 5.47. The summed E-state index contributed by atoms with van der Waals surface area (Å²) >= 11 is 1.18. The minimum Gasteiger partial charge on any atom is -0.387 e. The van der Waals surface area contributed by atoms with Crippen LogP contribution in [0.2, 0.25) is 0 Å². The number of ether oxygens (including phenoxy) is 1. The quantitative estimate of drug-likeness (QED) is 0.929. The topological polar surface area (TPSA) is 58.5 Å². The van der Waals surface area contributed by atoms with Crippen LogP contribution in [0.5, 0.6) is 0 Å². The average Bonchev–Trinajstić information content (AvgIpc) is 3.10. The first-order chi connectivity index (χ1) is 11.0. The van der Waals surface area contributed by atoms with E-state index >= 15 is 0 Å². The van der Waals surface area contributed by atoms with Gasteiger partial charge in [0.25, 0.3) is 0 Å². The molecule has 1 aliphatic heterocycles. The summed E-state index contributed by atoms with van der Waals surface area (Å²) in [4.78, 5) is 6.39. The highest BCUT2D eigenvalue weighted by Gasteiger charge is 2.50. The normalized spacial score (nSPS) is 23.1. The van der Waals surface area contributed by atoms with Crippen LogP contribution < -0.4 is 4.90 Å². The molecular weight excluding hydrogens is 324 g/mol. The third-order valence-electron chi connectivity index (χ3n) is 4.23. The highest BCUT2D eigenvalue weighted by molar-refractivity contribution is 7.09. The Morgan fingerprint density at radius 1 is 1.26 bits per heavy atom. The van der Waals surface area contributed by atoms with Crippen LogP contribution >= 0.6 is 11.5 Å². The number of anilines is 1. The molecule has 1 atom stereocenters. The van der Waals surface area contributed by atoms with E-state index in [2.05, 4.69) is 9.36 Å². The molecule has 1 aromatic carbocycles. The number of aliphatic hydroxyl groups is 1. The Morgan fingerprint density at radius 2 is 2.00 bits per heavy atom. The van der Waals surface area contributed by atoms with Gasteiger partial charge in [-0.1, -0.05) is 0 Å². The third-order valence-corrected chi connectivity index (χ3v) is 5.01. The van der Waals surface area contributed by atoms with Gasteiger partial charge in [0.1, 0.15) is 17.7 Å². The smallest absolute Gasteiger partial charge is 0.205 e. The fourth-order valence-electron chi connectivity index (χ4n) is 2.74. The van der Waals surface area contributed by atoms with Gasteiger partial charge in [-0.15, -0.1) is 0 Å². The molecule has 4 rings (SSSR count). The zero-order valence-corrected chi connectivity index (χ0v) is 13.0. The Bertz CT molecular complexity index is 715. The lowest BCUT2D eigenvalue weighted by Crippen LogP contribution is -2.48. The van der Waals surface area contributed by atoms with Crippen LogP contribution in [0.25, 0.3) is 11.4 Å². The van der Waals surface area contributed by atoms with Gasteiger partial charge in [-0.25, -0.2) is 8.78 Å². The van der Waals surface area contributed by atoms with Crippen molar-refractivity contribution in [1.82, 2.24) is 9.36 Å². The van der Waals surface area contributed by atoms with Crippen LogP contribution in [-0.4, -0.2) is 45.9 Å². The van der Waals surface area contributed by atoms with Crippen LogP contribution in [0, 0.1) is 11.6 Å². The molecule has 0 bridgehead atoms. The van der Waals surface area contributed by atoms with Gasteiger partial charge >= 0.3 is 0 Å². The molecule has 2 heterocycles. The lowest BCUT2D eigenvalue weighted by atomic mass is 10.1. The summed E-state index contributed by atoms with van der Waals surface area (Å²) in [6, 6.07) is 3.24. The molecule has 2 aliphatic rings. The molecule has 0 amide bonds. The number of hydrogen-bond acceptors (Lipinski definition) is 6. The van der Waals surface area contributed by atoms with E-state index in [9.17, 15) is 13.9 Å². The van der Waals surface area contributed by atoms with Gasteiger partial charge < -0.3 is 14.7 Å². The predicted octanol–water partition coefficient (Wildman–Crippen LogP) is 2.21. The van der Waals surface area contributed by atoms with Gasteiger partial charge in [0.15, 0.2) is 5.82 Å². The summed E-state index contributed by atoms with van der Waals surface area (Å²) in [7, 11) is 0. The van der Waals surface area contributed by atoms with Crippen molar-refractivity contribution < 1.29 is 18.6 Å². The van der Waals surface area contributed by atoms with Crippen molar-refractivity contribution in [3.05, 3.63) is 29.8 Å². The molecule has 8 heteroatoms. The molecule has 1 aromatic heterocycles. The van der Waals surface area contributed by atoms with Crippen LogP contribution in [0.1, 0.15) is 12.8 Å². The fourth-order valence-corrected chi connectivity index (χ4v) is 3.47. The summed E-state index contributed by atoms with van der Waals surface area (Å²) in [6.45, 7) is 1.71. The van der Waals surface area contributed by atoms with Crippen molar-refractivity contribution >= 4 is 16.7 Å². The Labute approximate surface area is 135 Å². The molecule has 1 N–H and O–H groups in total. The van der Waals surface area contributed by atoms with Crippen LogP contribution in [-0.2, 0) is 4.74 Å². The predicted molar refractivity (Wildman–Crippen MR) is 81.4 cm³/mol. The van der Waals surface area contributed by atoms with Crippen molar-refractivity contribution in [1.29, 1.82) is 0 Å². The van der Waals surface area contributed by atoms with Gasteiger partial charge in [0.2, 0.25) is 5.13 Å². The van der Waals surface area contributed by atoms with Gasteiger partial charge in [0, 0.05) is 36.3 Å². The van der Waals surface area contributed by atoms with Crippen LogP contribution in [0.15, 0.2) is 18.2 Å². The van der Waals surface area contributed by atoms with E-state index in [-0.39, 0.29) is 6.10 Å². The summed E-state index contributed by atoms with van der Waals surface area (Å²) in [5, 5.41) is 10.9. The Morgan fingerprint density at radius 3 is 2.70 bits per heavy atom. The molecule has 0 spiro atoms. The van der Waals surface area contributed by atoms with E-state index in [1.54, 1.807) is 0 Å². The molecule has 1 aliphatic carbocycles. The second-order valence-corrected chi connectivity index (χ2v) is 6.70. The molecule has 0 radical (unpaired) electrons. The minimum atomic E-state index is -0.710. The van der Waals surface area contributed by atoms with Gasteiger partial charge in [-0.3, -0.25) is 0 Å². The van der Waals surface area contributed by atoms with Crippen molar-refractivity contribution in [2.75, 3.05) is 24.6 Å². The van der Waals surface area contributed by atoms with E-state index in [0.717, 1.165) is 18.9 Å². The van der Waals surface area contributed by atoms with Gasteiger partial charge in [-0.2, -0.15) is 9.36 Å². The summed E-state index contributed by atoms with van der Waals surface area (Å²) < 4.78 is 36.5. The van der Waals surface area contributed by atoms with Crippen molar-refractivity contribution in [2.24, 2.45) is 0 Å². The number of halogens is 2. The average molecular weight is 339 g/mol. The maximum atomic E-state index is 13.3. The van der Waals surface area contributed by atoms with Crippen LogP contribution in [0.4, 0.5) is 13.9 Å². The molecular formula is C15H15F2N3O2S. The summed E-state index contributed by atoms with van der Waals surface area (Å²) in [5.41, 5.74) is -0.395. The molecule has 23 heavy (non-hydrogen) atoms. The molecule has 122 valence electrons. The highest BCUT2D eigenvalue weighted by Crippen LogP contribution is 2.41. The largest absolute Gasteiger partial charge is 0.387 e. The summed E-state index contributed by atoms with van der Waals surface area (Å²) in [6.07, 6.45) is 1.29. The van der Waals surface area contributed by atoms with Crippen molar-refractivity contribution in [3.8, 4) is 11.4 Å². The Kier molecular flexibility index (Phi) is 3.55. The van der Waals surface area contributed by atoms with Crippen LogP contribution in [0.3, 0.4) is 0 Å². The van der Waals surface area contributed by atoms with E-state index in [1.165, 1.54) is 23.7 Å². The summed E-state index contributed by atoms with van der Waals surface area (Å²) in [5.74, 6) is -1.01. The maximum absolute atomic E-state index is 13.3. The zero-order valence-electron chi connectivity index (χ0n) is 12.2. The van der Waals surface area contributed by atoms with E-state index in [4.69, 9.17) is 4.74 Å². The monoisotopic (exact) mass is 339 g/mol. The molecule has 1 saturated carbocycles. The second-order valence-electron chi connectivity index (χ2n) is 5.97. The molecule has 2 aromatic rings. The van der Waals surface area contributed by atoms with E-state index in [1.807, 2.05) is 4.90 Å². The maximum Gasteiger partial charge on any atom is 0.205 e. The molecule has 5 nitrogen and oxygen atoms in total. The lowest BCUT2D eigenvalue weighted by Gasteiger charge is -2.35. The molecule has 2 fully saturated rings. The third kappa shape index (κ3) is 2.93. The fraction of sp³-hybridized carbons (Fsp3) is 0.467. The Hall–Kier alpha value is -1.64. The highest BCUT2D eigenvalue weighted by atomic mass is 32.1. The standard InChI is InChI=1S/C15H15F2N3O2S/c16-10-5-9(6-11(17)7-10)13-18-14(23-19-13)20-3-4-22-12(8-20)15(21)1-2-15/h5-7,12,21H,1-4,8H2. The van der Waals surface area contributed by atoms with Gasteiger partial charge in [0.05, 0.1) is 12.2 Å². The number of hydrogen-bond donors (Lipinski definition) is 1. The molecule has 1 unspecified atom stereocenters. The number of aromatic nitrogens is 2. The number of nitrogens with zero attached hydrogens (tertiary/aromatic N) is 3. The number of rotatable bonds is 3. The lowest BCUT2D eigenvalue weighted by molar-refractivity contribution is -0.0586. The van der Waals surface area contributed by atoms with Crippen molar-refractivity contribution in [2.45, 2.75) is 24.5 Å². The Balaban J connectivity index is 1.55.